The first-order chi connectivity index (χ1) is 6.74. The van der Waals surface area contributed by atoms with Crippen molar-refractivity contribution in [3.63, 3.8) is 0 Å². The highest BCUT2D eigenvalue weighted by atomic mass is 19.1. The Morgan fingerprint density at radius 2 is 2.07 bits per heavy atom. The van der Waals surface area contributed by atoms with Gasteiger partial charge in [-0.3, -0.25) is 0 Å². The molecule has 1 aromatic carbocycles. The van der Waals surface area contributed by atoms with Gasteiger partial charge in [0.2, 0.25) is 0 Å². The molecule has 0 atom stereocenters. The van der Waals surface area contributed by atoms with E-state index in [1.165, 1.54) is 11.6 Å². The van der Waals surface area contributed by atoms with E-state index in [1.54, 1.807) is 6.07 Å². The lowest BCUT2D eigenvalue weighted by Gasteiger charge is -2.05. The molecule has 0 spiro atoms. The van der Waals surface area contributed by atoms with Gasteiger partial charge >= 0.3 is 0 Å². The number of nitrogens with one attached hydrogen (secondary N) is 1. The van der Waals surface area contributed by atoms with Gasteiger partial charge in [0.05, 0.1) is 0 Å². The minimum atomic E-state index is -0.126. The van der Waals surface area contributed by atoms with Crippen LogP contribution >= 0.6 is 0 Å². The topological polar surface area (TPSA) is 12.0 Å². The fourth-order valence-electron chi connectivity index (χ4n) is 1.53. The van der Waals surface area contributed by atoms with Crippen LogP contribution in [0.2, 0.25) is 0 Å². The molecule has 0 aliphatic rings. The van der Waals surface area contributed by atoms with E-state index in [0.29, 0.717) is 0 Å². The number of halogens is 1. The molecule has 1 N–H and O–H groups in total. The molecule has 14 heavy (non-hydrogen) atoms. The Balaban J connectivity index is 2.45. The molecule has 0 radical (unpaired) electrons. The summed E-state index contributed by atoms with van der Waals surface area (Å²) in [5.41, 5.74) is 2.33. The normalized spacial score (nSPS) is 10.5. The summed E-state index contributed by atoms with van der Waals surface area (Å²) < 4.78 is 12.9. The minimum absolute atomic E-state index is 0.126. The highest BCUT2D eigenvalue weighted by molar-refractivity contribution is 5.26. The average molecular weight is 195 g/mol. The number of hydrogen-bond donors (Lipinski definition) is 1. The molecule has 0 heterocycles. The van der Waals surface area contributed by atoms with Crippen molar-refractivity contribution in [1.29, 1.82) is 0 Å². The van der Waals surface area contributed by atoms with Gasteiger partial charge in [-0.25, -0.2) is 4.39 Å². The van der Waals surface area contributed by atoms with E-state index in [9.17, 15) is 4.39 Å². The van der Waals surface area contributed by atoms with Gasteiger partial charge in [-0.15, -0.1) is 0 Å². The molecule has 0 saturated heterocycles. The molecule has 2 heteroatoms. The third-order valence-electron chi connectivity index (χ3n) is 2.43. The van der Waals surface area contributed by atoms with Crippen LogP contribution in [0.5, 0.6) is 0 Å². The number of rotatable bonds is 5. The van der Waals surface area contributed by atoms with Crippen molar-refractivity contribution in [2.45, 2.75) is 26.2 Å². The van der Waals surface area contributed by atoms with Crippen LogP contribution in [-0.4, -0.2) is 13.6 Å². The van der Waals surface area contributed by atoms with Crippen molar-refractivity contribution < 1.29 is 4.39 Å². The van der Waals surface area contributed by atoms with Crippen molar-refractivity contribution >= 4 is 0 Å². The number of aryl methyl sites for hydroxylation is 2. The number of hydrogen-bond acceptors (Lipinski definition) is 1. The monoisotopic (exact) mass is 195 g/mol. The third-order valence-corrected chi connectivity index (χ3v) is 2.43. The van der Waals surface area contributed by atoms with E-state index in [2.05, 4.69) is 5.32 Å². The number of unbranched alkanes of at least 4 members (excludes halogenated alkanes) is 1. The van der Waals surface area contributed by atoms with E-state index in [0.717, 1.165) is 31.4 Å². The molecule has 0 amide bonds. The van der Waals surface area contributed by atoms with Gasteiger partial charge < -0.3 is 5.32 Å². The quantitative estimate of drug-likeness (QED) is 0.712. The van der Waals surface area contributed by atoms with Crippen molar-refractivity contribution in [1.82, 2.24) is 5.32 Å². The maximum absolute atomic E-state index is 12.9. The summed E-state index contributed by atoms with van der Waals surface area (Å²) in [5.74, 6) is -0.126. The van der Waals surface area contributed by atoms with E-state index in [-0.39, 0.29) is 5.82 Å². The molecule has 0 unspecified atom stereocenters. The molecule has 0 bridgehead atoms. The van der Waals surface area contributed by atoms with Gasteiger partial charge in [-0.05, 0) is 63.0 Å². The van der Waals surface area contributed by atoms with E-state index in [1.807, 2.05) is 20.0 Å². The van der Waals surface area contributed by atoms with Gasteiger partial charge in [-0.1, -0.05) is 6.07 Å². The van der Waals surface area contributed by atoms with Gasteiger partial charge in [-0.2, -0.15) is 0 Å². The molecule has 0 saturated carbocycles. The maximum Gasteiger partial charge on any atom is 0.123 e. The van der Waals surface area contributed by atoms with Crippen LogP contribution in [-0.2, 0) is 6.42 Å². The highest BCUT2D eigenvalue weighted by Gasteiger charge is 1.99. The molecule has 1 rings (SSSR count). The van der Waals surface area contributed by atoms with Gasteiger partial charge in [0.15, 0.2) is 0 Å². The van der Waals surface area contributed by atoms with Crippen LogP contribution < -0.4 is 5.32 Å². The molecule has 0 aromatic heterocycles. The summed E-state index contributed by atoms with van der Waals surface area (Å²) in [6.07, 6.45) is 3.24. The van der Waals surface area contributed by atoms with E-state index < -0.39 is 0 Å². The van der Waals surface area contributed by atoms with Crippen molar-refractivity contribution in [3.05, 3.63) is 35.1 Å². The molecular formula is C12H18FN. The SMILES string of the molecule is CNCCCCc1cc(F)ccc1C. The van der Waals surface area contributed by atoms with Crippen LogP contribution in [0, 0.1) is 12.7 Å². The predicted molar refractivity (Wildman–Crippen MR) is 58.0 cm³/mol. The van der Waals surface area contributed by atoms with E-state index in [4.69, 9.17) is 0 Å². The first-order valence-corrected chi connectivity index (χ1v) is 5.13. The summed E-state index contributed by atoms with van der Waals surface area (Å²) in [4.78, 5) is 0. The van der Waals surface area contributed by atoms with Crippen LogP contribution in [0.4, 0.5) is 4.39 Å². The zero-order chi connectivity index (χ0) is 10.4. The van der Waals surface area contributed by atoms with Gasteiger partial charge in [0, 0.05) is 0 Å². The Morgan fingerprint density at radius 3 is 2.79 bits per heavy atom. The largest absolute Gasteiger partial charge is 0.320 e. The molecule has 0 aliphatic carbocycles. The second-order valence-electron chi connectivity index (χ2n) is 3.63. The summed E-state index contributed by atoms with van der Waals surface area (Å²) in [7, 11) is 1.95. The lowest BCUT2D eigenvalue weighted by Crippen LogP contribution is -2.07. The summed E-state index contributed by atoms with van der Waals surface area (Å²) in [5, 5.41) is 3.11. The third kappa shape index (κ3) is 3.46. The zero-order valence-corrected chi connectivity index (χ0v) is 8.94. The molecule has 1 nitrogen and oxygen atoms in total. The van der Waals surface area contributed by atoms with Crippen LogP contribution in [0.1, 0.15) is 24.0 Å². The number of benzene rings is 1. The zero-order valence-electron chi connectivity index (χ0n) is 8.94. The lowest BCUT2D eigenvalue weighted by atomic mass is 10.0. The van der Waals surface area contributed by atoms with Crippen molar-refractivity contribution in [3.8, 4) is 0 Å². The molecule has 0 fully saturated rings. The van der Waals surface area contributed by atoms with Gasteiger partial charge in [0.1, 0.15) is 5.82 Å². The molecular weight excluding hydrogens is 177 g/mol. The standard InChI is InChI=1S/C12H18FN/c1-10-6-7-12(13)9-11(10)5-3-4-8-14-2/h6-7,9,14H,3-5,8H2,1-2H3. The molecule has 1 aromatic rings. The molecule has 0 aliphatic heterocycles. The first-order valence-electron chi connectivity index (χ1n) is 5.13. The fraction of sp³-hybridized carbons (Fsp3) is 0.500. The fourth-order valence-corrected chi connectivity index (χ4v) is 1.53. The smallest absolute Gasteiger partial charge is 0.123 e. The minimum Gasteiger partial charge on any atom is -0.320 e. The Bertz CT molecular complexity index is 284. The lowest BCUT2D eigenvalue weighted by molar-refractivity contribution is 0.621. The maximum atomic E-state index is 12.9. The summed E-state index contributed by atoms with van der Waals surface area (Å²) in [6, 6.07) is 5.02. The first kappa shape index (κ1) is 11.2. The van der Waals surface area contributed by atoms with Crippen molar-refractivity contribution in [2.24, 2.45) is 0 Å². The highest BCUT2D eigenvalue weighted by Crippen LogP contribution is 2.12. The second-order valence-corrected chi connectivity index (χ2v) is 3.63. The predicted octanol–water partition coefficient (Wildman–Crippen LogP) is 2.68. The van der Waals surface area contributed by atoms with E-state index >= 15 is 0 Å². The Morgan fingerprint density at radius 1 is 1.29 bits per heavy atom. The van der Waals surface area contributed by atoms with Gasteiger partial charge in [0.25, 0.3) is 0 Å². The summed E-state index contributed by atoms with van der Waals surface area (Å²) >= 11 is 0. The Kier molecular flexibility index (Phi) is 4.60. The Hall–Kier alpha value is -0.890. The average Bonchev–Trinajstić information content (AvgIpc) is 2.18. The van der Waals surface area contributed by atoms with Crippen molar-refractivity contribution in [2.75, 3.05) is 13.6 Å². The second kappa shape index (κ2) is 5.76. The van der Waals surface area contributed by atoms with Crippen LogP contribution in [0.15, 0.2) is 18.2 Å². The van der Waals surface area contributed by atoms with Crippen LogP contribution in [0.25, 0.3) is 0 Å². The van der Waals surface area contributed by atoms with Crippen LogP contribution in [0.3, 0.4) is 0 Å². The Labute approximate surface area is 85.3 Å². The summed E-state index contributed by atoms with van der Waals surface area (Å²) in [6.45, 7) is 3.07. The molecule has 78 valence electrons.